The van der Waals surface area contributed by atoms with Gasteiger partial charge in [-0.2, -0.15) is 4.31 Å². The SMILES string of the molecule is CC(C)CCS(=O)(=O)N1CCCCC1C(N)=NO. The number of nitrogens with two attached hydrogens (primary N) is 1. The summed E-state index contributed by atoms with van der Waals surface area (Å²) in [5, 5.41) is 11.7. The molecule has 0 amide bonds. The highest BCUT2D eigenvalue weighted by Gasteiger charge is 2.34. The molecule has 1 rings (SSSR count). The molecule has 1 atom stereocenters. The molecule has 1 unspecified atom stereocenters. The van der Waals surface area contributed by atoms with Crippen molar-refractivity contribution in [3.05, 3.63) is 0 Å². The summed E-state index contributed by atoms with van der Waals surface area (Å²) in [4.78, 5) is 0. The van der Waals surface area contributed by atoms with Crippen molar-refractivity contribution >= 4 is 15.9 Å². The van der Waals surface area contributed by atoms with Crippen molar-refractivity contribution in [1.82, 2.24) is 4.31 Å². The van der Waals surface area contributed by atoms with E-state index in [0.29, 0.717) is 25.3 Å². The van der Waals surface area contributed by atoms with E-state index in [4.69, 9.17) is 10.9 Å². The minimum absolute atomic E-state index is 0.0113. The Bertz CT molecular complexity index is 392. The number of rotatable bonds is 5. The van der Waals surface area contributed by atoms with E-state index in [1.165, 1.54) is 4.31 Å². The normalized spacial score (nSPS) is 23.5. The second kappa shape index (κ2) is 6.38. The van der Waals surface area contributed by atoms with Crippen LogP contribution in [-0.2, 0) is 10.0 Å². The van der Waals surface area contributed by atoms with Crippen LogP contribution >= 0.6 is 0 Å². The van der Waals surface area contributed by atoms with Gasteiger partial charge in [-0.3, -0.25) is 0 Å². The second-order valence-electron chi connectivity index (χ2n) is 5.15. The molecular weight excluding hydrogens is 254 g/mol. The van der Waals surface area contributed by atoms with Crippen LogP contribution in [0.15, 0.2) is 5.16 Å². The van der Waals surface area contributed by atoms with Crippen LogP contribution in [0.5, 0.6) is 0 Å². The molecule has 3 N–H and O–H groups in total. The Hall–Kier alpha value is -0.820. The first-order valence-electron chi connectivity index (χ1n) is 6.35. The summed E-state index contributed by atoms with van der Waals surface area (Å²) < 4.78 is 25.9. The fourth-order valence-corrected chi connectivity index (χ4v) is 4.11. The van der Waals surface area contributed by atoms with Gasteiger partial charge >= 0.3 is 0 Å². The average molecular weight is 277 g/mol. The first kappa shape index (κ1) is 15.2. The predicted octanol–water partition coefficient (Wildman–Crippen LogP) is 0.963. The van der Waals surface area contributed by atoms with Gasteiger partial charge in [-0.15, -0.1) is 0 Å². The highest BCUT2D eigenvalue weighted by atomic mass is 32.2. The summed E-state index contributed by atoms with van der Waals surface area (Å²) in [5.41, 5.74) is 5.58. The standard InChI is InChI=1S/C11H23N3O3S/c1-9(2)6-8-18(16,17)14-7-4-3-5-10(14)11(12)13-15/h9-10,15H,3-8H2,1-2H3,(H2,12,13). The molecule has 1 fully saturated rings. The first-order chi connectivity index (χ1) is 8.38. The molecule has 0 aromatic carbocycles. The van der Waals surface area contributed by atoms with E-state index in [1.54, 1.807) is 0 Å². The van der Waals surface area contributed by atoms with E-state index in [2.05, 4.69) is 5.16 Å². The summed E-state index contributed by atoms with van der Waals surface area (Å²) >= 11 is 0. The lowest BCUT2D eigenvalue weighted by Crippen LogP contribution is -2.51. The van der Waals surface area contributed by atoms with Gasteiger partial charge < -0.3 is 10.9 Å². The van der Waals surface area contributed by atoms with Crippen molar-refractivity contribution in [2.24, 2.45) is 16.8 Å². The fraction of sp³-hybridized carbons (Fsp3) is 0.909. The Labute approximate surface area is 109 Å². The quantitative estimate of drug-likeness (QED) is 0.338. The average Bonchev–Trinajstić information content (AvgIpc) is 2.35. The molecule has 0 saturated carbocycles. The minimum Gasteiger partial charge on any atom is -0.409 e. The van der Waals surface area contributed by atoms with Gasteiger partial charge in [0.25, 0.3) is 0 Å². The van der Waals surface area contributed by atoms with Crippen molar-refractivity contribution in [2.75, 3.05) is 12.3 Å². The number of amidine groups is 1. The third-order valence-corrected chi connectivity index (χ3v) is 5.12. The molecule has 7 heteroatoms. The zero-order chi connectivity index (χ0) is 13.8. The molecule has 6 nitrogen and oxygen atoms in total. The van der Waals surface area contributed by atoms with Gasteiger partial charge in [-0.1, -0.05) is 25.4 Å². The van der Waals surface area contributed by atoms with Gasteiger partial charge in [-0.25, -0.2) is 8.42 Å². The maximum absolute atomic E-state index is 12.3. The highest BCUT2D eigenvalue weighted by molar-refractivity contribution is 7.89. The van der Waals surface area contributed by atoms with Gasteiger partial charge in [0.05, 0.1) is 11.8 Å². The Morgan fingerprint density at radius 1 is 1.50 bits per heavy atom. The van der Waals surface area contributed by atoms with E-state index in [-0.39, 0.29) is 11.6 Å². The summed E-state index contributed by atoms with van der Waals surface area (Å²) in [5.74, 6) is 0.453. The summed E-state index contributed by atoms with van der Waals surface area (Å²) in [6.07, 6.45) is 2.98. The lowest BCUT2D eigenvalue weighted by Gasteiger charge is -2.33. The number of sulfonamides is 1. The summed E-state index contributed by atoms with van der Waals surface area (Å²) in [6, 6.07) is -0.485. The van der Waals surface area contributed by atoms with Crippen molar-refractivity contribution < 1.29 is 13.6 Å². The van der Waals surface area contributed by atoms with Crippen LogP contribution < -0.4 is 5.73 Å². The molecule has 1 aliphatic rings. The van der Waals surface area contributed by atoms with E-state index in [1.807, 2.05) is 13.8 Å². The van der Waals surface area contributed by atoms with E-state index < -0.39 is 16.1 Å². The Balaban J connectivity index is 2.82. The number of hydrogen-bond donors (Lipinski definition) is 2. The number of hydrogen-bond acceptors (Lipinski definition) is 4. The van der Waals surface area contributed by atoms with E-state index >= 15 is 0 Å². The van der Waals surface area contributed by atoms with Crippen LogP contribution in [0.2, 0.25) is 0 Å². The van der Waals surface area contributed by atoms with Crippen LogP contribution in [0.1, 0.15) is 39.5 Å². The van der Waals surface area contributed by atoms with Crippen molar-refractivity contribution in [1.29, 1.82) is 0 Å². The third kappa shape index (κ3) is 3.84. The van der Waals surface area contributed by atoms with Crippen LogP contribution in [0.4, 0.5) is 0 Å². The second-order valence-corrected chi connectivity index (χ2v) is 7.19. The molecule has 1 saturated heterocycles. The number of nitrogens with zero attached hydrogens (tertiary/aromatic N) is 2. The topological polar surface area (TPSA) is 96.0 Å². The lowest BCUT2D eigenvalue weighted by atomic mass is 10.0. The smallest absolute Gasteiger partial charge is 0.214 e. The third-order valence-electron chi connectivity index (χ3n) is 3.22. The molecule has 1 heterocycles. The maximum Gasteiger partial charge on any atom is 0.214 e. The van der Waals surface area contributed by atoms with Gasteiger partial charge in [0.2, 0.25) is 10.0 Å². The zero-order valence-electron chi connectivity index (χ0n) is 11.0. The lowest BCUT2D eigenvalue weighted by molar-refractivity contribution is 0.280. The monoisotopic (exact) mass is 277 g/mol. The first-order valence-corrected chi connectivity index (χ1v) is 7.96. The van der Waals surface area contributed by atoms with Crippen LogP contribution in [-0.4, -0.2) is 42.1 Å². The molecule has 0 spiro atoms. The molecule has 0 aliphatic carbocycles. The van der Waals surface area contributed by atoms with Gasteiger partial charge in [0.15, 0.2) is 5.84 Å². The predicted molar refractivity (Wildman–Crippen MR) is 71.0 cm³/mol. The van der Waals surface area contributed by atoms with Crippen LogP contribution in [0.3, 0.4) is 0 Å². The molecule has 18 heavy (non-hydrogen) atoms. The summed E-state index contributed by atoms with van der Waals surface area (Å²) in [6.45, 7) is 4.45. The molecule has 0 aromatic rings. The molecular formula is C11H23N3O3S. The fourth-order valence-electron chi connectivity index (χ4n) is 2.10. The Kier molecular flexibility index (Phi) is 5.40. The number of oxime groups is 1. The van der Waals surface area contributed by atoms with E-state index in [0.717, 1.165) is 12.8 Å². The Morgan fingerprint density at radius 3 is 2.72 bits per heavy atom. The molecule has 1 aliphatic heterocycles. The van der Waals surface area contributed by atoms with Gasteiger partial charge in [-0.05, 0) is 25.2 Å². The molecule has 0 bridgehead atoms. The van der Waals surface area contributed by atoms with Gasteiger partial charge in [0.1, 0.15) is 0 Å². The van der Waals surface area contributed by atoms with Crippen molar-refractivity contribution in [3.8, 4) is 0 Å². The van der Waals surface area contributed by atoms with Crippen molar-refractivity contribution in [2.45, 2.75) is 45.6 Å². The van der Waals surface area contributed by atoms with Crippen LogP contribution in [0.25, 0.3) is 0 Å². The van der Waals surface area contributed by atoms with E-state index in [9.17, 15) is 8.42 Å². The molecule has 106 valence electrons. The van der Waals surface area contributed by atoms with Crippen molar-refractivity contribution in [3.63, 3.8) is 0 Å². The molecule has 0 aromatic heterocycles. The Morgan fingerprint density at radius 2 is 2.17 bits per heavy atom. The van der Waals surface area contributed by atoms with Gasteiger partial charge in [0, 0.05) is 6.54 Å². The molecule has 0 radical (unpaired) electrons. The van der Waals surface area contributed by atoms with Crippen LogP contribution in [0, 0.1) is 5.92 Å². The minimum atomic E-state index is -3.32. The zero-order valence-corrected chi connectivity index (χ0v) is 11.9. The highest BCUT2D eigenvalue weighted by Crippen LogP contribution is 2.22. The summed E-state index contributed by atoms with van der Waals surface area (Å²) in [7, 11) is -3.32. The number of piperidine rings is 1. The maximum atomic E-state index is 12.3. The largest absolute Gasteiger partial charge is 0.409 e.